The number of benzene rings is 2. The van der Waals surface area contributed by atoms with Crippen molar-refractivity contribution in [1.29, 1.82) is 0 Å². The lowest BCUT2D eigenvalue weighted by Gasteiger charge is -2.19. The highest BCUT2D eigenvalue weighted by Crippen LogP contribution is 2.27. The van der Waals surface area contributed by atoms with E-state index in [4.69, 9.17) is 16.3 Å². The van der Waals surface area contributed by atoms with Gasteiger partial charge in [-0.3, -0.25) is 19.0 Å². The van der Waals surface area contributed by atoms with E-state index in [2.05, 4.69) is 10.3 Å². The maximum Gasteiger partial charge on any atom is 0.269 e. The summed E-state index contributed by atoms with van der Waals surface area (Å²) in [5.41, 5.74) is 1.17. The first kappa shape index (κ1) is 20.3. The van der Waals surface area contributed by atoms with Gasteiger partial charge in [-0.2, -0.15) is 0 Å². The zero-order valence-corrected chi connectivity index (χ0v) is 16.6. The first-order valence-corrected chi connectivity index (χ1v) is 9.09. The predicted molar refractivity (Wildman–Crippen MR) is 110 cm³/mol. The summed E-state index contributed by atoms with van der Waals surface area (Å²) >= 11 is 5.96. The molecule has 1 aromatic heterocycles. The van der Waals surface area contributed by atoms with Crippen molar-refractivity contribution in [2.75, 3.05) is 26.0 Å². The van der Waals surface area contributed by atoms with Gasteiger partial charge in [0.15, 0.2) is 0 Å². The fraction of sp³-hybridized carbons (Fsp3) is 0.200. The Hall–Kier alpha value is -3.39. The molecule has 0 bridgehead atoms. The summed E-state index contributed by atoms with van der Waals surface area (Å²) in [6.45, 7) is -0.404. The topological polar surface area (TPSA) is 93.5 Å². The number of halogens is 1. The molecule has 0 saturated carbocycles. The van der Waals surface area contributed by atoms with Gasteiger partial charge in [-0.25, -0.2) is 4.98 Å². The molecule has 0 fully saturated rings. The molecule has 3 aromatic rings. The van der Waals surface area contributed by atoms with Crippen LogP contribution < -0.4 is 15.6 Å². The molecular formula is C20H19ClN4O4. The molecule has 3 rings (SSSR count). The zero-order valence-electron chi connectivity index (χ0n) is 15.9. The number of nitrogens with zero attached hydrogens (tertiary/aromatic N) is 3. The average molecular weight is 415 g/mol. The van der Waals surface area contributed by atoms with Crippen molar-refractivity contribution in [1.82, 2.24) is 14.5 Å². The van der Waals surface area contributed by atoms with E-state index in [9.17, 15) is 14.4 Å². The number of methoxy groups -OCH3 is 1. The van der Waals surface area contributed by atoms with E-state index in [1.54, 1.807) is 42.5 Å². The molecule has 0 aliphatic rings. The number of ether oxygens (including phenoxy) is 1. The molecule has 29 heavy (non-hydrogen) atoms. The number of nitrogens with one attached hydrogen (secondary N) is 1. The minimum absolute atomic E-state index is 0.202. The van der Waals surface area contributed by atoms with Crippen LogP contribution in [0.2, 0.25) is 5.02 Å². The van der Waals surface area contributed by atoms with E-state index >= 15 is 0 Å². The number of hydrogen-bond acceptors (Lipinski definition) is 5. The van der Waals surface area contributed by atoms with Crippen LogP contribution in [-0.2, 0) is 16.1 Å². The van der Waals surface area contributed by atoms with Crippen LogP contribution in [0.1, 0.15) is 0 Å². The van der Waals surface area contributed by atoms with Crippen LogP contribution in [-0.4, -0.2) is 47.0 Å². The molecule has 8 nitrogen and oxygen atoms in total. The van der Waals surface area contributed by atoms with Gasteiger partial charge in [0.1, 0.15) is 12.3 Å². The monoisotopic (exact) mass is 414 g/mol. The molecule has 1 N–H and O–H groups in total. The highest BCUT2D eigenvalue weighted by Gasteiger charge is 2.17. The number of likely N-dealkylation sites (N-methyl/N-ethyl adjacent to an activating group) is 1. The van der Waals surface area contributed by atoms with Crippen LogP contribution in [0.15, 0.2) is 53.5 Å². The van der Waals surface area contributed by atoms with Gasteiger partial charge >= 0.3 is 0 Å². The molecule has 150 valence electrons. The summed E-state index contributed by atoms with van der Waals surface area (Å²) in [5, 5.41) is 3.11. The quantitative estimate of drug-likeness (QED) is 0.667. The van der Waals surface area contributed by atoms with Crippen LogP contribution in [0.4, 0.5) is 5.69 Å². The molecule has 9 heteroatoms. The Kier molecular flexibility index (Phi) is 6.13. The summed E-state index contributed by atoms with van der Waals surface area (Å²) in [7, 11) is 2.97. The number of anilines is 1. The lowest BCUT2D eigenvalue weighted by molar-refractivity contribution is -0.133. The van der Waals surface area contributed by atoms with Crippen molar-refractivity contribution in [3.63, 3.8) is 0 Å². The van der Waals surface area contributed by atoms with Gasteiger partial charge in [-0.1, -0.05) is 23.7 Å². The third-order valence-corrected chi connectivity index (χ3v) is 4.52. The fourth-order valence-corrected chi connectivity index (χ4v) is 2.98. The van der Waals surface area contributed by atoms with Gasteiger partial charge in [0.05, 0.1) is 36.6 Å². The Labute approximate surface area is 171 Å². The number of amides is 2. The minimum Gasteiger partial charge on any atom is -0.495 e. The van der Waals surface area contributed by atoms with E-state index in [1.807, 2.05) is 0 Å². The Morgan fingerprint density at radius 1 is 1.24 bits per heavy atom. The minimum atomic E-state index is -0.423. The number of para-hydroxylation sites is 2. The lowest BCUT2D eigenvalue weighted by atomic mass is 10.3. The molecule has 0 aliphatic carbocycles. The third kappa shape index (κ3) is 4.72. The van der Waals surface area contributed by atoms with Crippen molar-refractivity contribution in [3.8, 4) is 5.75 Å². The van der Waals surface area contributed by atoms with Gasteiger partial charge in [0, 0.05) is 12.1 Å². The van der Waals surface area contributed by atoms with Crippen molar-refractivity contribution < 1.29 is 14.3 Å². The second kappa shape index (κ2) is 8.74. The number of carbonyl (C=O) groups is 2. The molecule has 0 unspecified atom stereocenters. The first-order chi connectivity index (χ1) is 13.9. The normalized spacial score (nSPS) is 10.6. The molecule has 0 atom stereocenters. The van der Waals surface area contributed by atoms with Crippen LogP contribution in [0, 0.1) is 0 Å². The lowest BCUT2D eigenvalue weighted by Crippen LogP contribution is -2.38. The molecular weight excluding hydrogens is 396 g/mol. The number of hydrogen-bond donors (Lipinski definition) is 1. The van der Waals surface area contributed by atoms with Gasteiger partial charge in [-0.05, 0) is 30.3 Å². The van der Waals surface area contributed by atoms with Crippen molar-refractivity contribution in [2.24, 2.45) is 0 Å². The smallest absolute Gasteiger partial charge is 0.269 e. The molecule has 2 amide bonds. The zero-order chi connectivity index (χ0) is 21.0. The number of rotatable bonds is 6. The van der Waals surface area contributed by atoms with Crippen LogP contribution in [0.5, 0.6) is 5.75 Å². The maximum absolute atomic E-state index is 12.6. The number of aromatic nitrogens is 2. The average Bonchev–Trinajstić information content (AvgIpc) is 2.70. The van der Waals surface area contributed by atoms with Crippen molar-refractivity contribution in [2.45, 2.75) is 6.54 Å². The summed E-state index contributed by atoms with van der Waals surface area (Å²) in [5.74, 6) is -0.364. The van der Waals surface area contributed by atoms with Crippen LogP contribution in [0.25, 0.3) is 11.0 Å². The van der Waals surface area contributed by atoms with Crippen molar-refractivity contribution in [3.05, 3.63) is 64.0 Å². The molecule has 0 radical (unpaired) electrons. The Bertz CT molecular complexity index is 1130. The van der Waals surface area contributed by atoms with Gasteiger partial charge in [0.25, 0.3) is 5.56 Å². The standard InChI is InChI=1S/C20H19ClN4O4/c1-24(11-18(26)23-15-9-13(21)7-8-17(15)29-2)20(28)12-25-16-6-4-3-5-14(16)22-10-19(25)27/h3-10H,11-12H2,1-2H3,(H,23,26). The molecule has 2 aromatic carbocycles. The number of carbonyl (C=O) groups excluding carboxylic acids is 2. The summed E-state index contributed by atoms with van der Waals surface area (Å²) in [4.78, 5) is 42.4. The SMILES string of the molecule is COc1ccc(Cl)cc1NC(=O)CN(C)C(=O)Cn1c(=O)cnc2ccccc21. The Balaban J connectivity index is 1.70. The predicted octanol–water partition coefficient (Wildman–Crippen LogP) is 2.16. The molecule has 0 aliphatic heterocycles. The first-order valence-electron chi connectivity index (χ1n) is 8.71. The highest BCUT2D eigenvalue weighted by atomic mass is 35.5. The second-order valence-corrected chi connectivity index (χ2v) is 6.75. The van der Waals surface area contributed by atoms with Crippen LogP contribution in [0.3, 0.4) is 0 Å². The van der Waals surface area contributed by atoms with E-state index in [-0.39, 0.29) is 13.1 Å². The van der Waals surface area contributed by atoms with Gasteiger partial charge in [-0.15, -0.1) is 0 Å². The summed E-state index contributed by atoms with van der Waals surface area (Å²) < 4.78 is 6.52. The second-order valence-electron chi connectivity index (χ2n) is 6.31. The van der Waals surface area contributed by atoms with E-state index in [0.717, 1.165) is 0 Å². The molecule has 0 saturated heterocycles. The van der Waals surface area contributed by atoms with Gasteiger partial charge < -0.3 is 15.0 Å². The highest BCUT2D eigenvalue weighted by molar-refractivity contribution is 6.31. The fourth-order valence-electron chi connectivity index (χ4n) is 2.81. The maximum atomic E-state index is 12.6. The summed E-state index contributed by atoms with van der Waals surface area (Å²) in [6, 6.07) is 11.9. The largest absolute Gasteiger partial charge is 0.495 e. The van der Waals surface area contributed by atoms with E-state index in [1.165, 1.54) is 29.8 Å². The van der Waals surface area contributed by atoms with Crippen LogP contribution >= 0.6 is 11.6 Å². The Morgan fingerprint density at radius 3 is 2.76 bits per heavy atom. The Morgan fingerprint density at radius 2 is 2.00 bits per heavy atom. The molecule has 0 spiro atoms. The van der Waals surface area contributed by atoms with E-state index < -0.39 is 17.4 Å². The van der Waals surface area contributed by atoms with Gasteiger partial charge in [0.2, 0.25) is 11.8 Å². The van der Waals surface area contributed by atoms with E-state index in [0.29, 0.717) is 27.5 Å². The summed E-state index contributed by atoms with van der Waals surface area (Å²) in [6.07, 6.45) is 1.17. The van der Waals surface area contributed by atoms with Crippen molar-refractivity contribution >= 4 is 40.1 Å². The molecule has 1 heterocycles. The number of fused-ring (bicyclic) bond motifs is 1. The third-order valence-electron chi connectivity index (χ3n) is 4.29.